The second-order valence-corrected chi connectivity index (χ2v) is 4.71. The molecular formula is C16H17F2NO. The van der Waals surface area contributed by atoms with Gasteiger partial charge in [-0.2, -0.15) is 0 Å². The molecule has 0 aliphatic heterocycles. The number of aliphatic hydroxyl groups excluding tert-OH is 1. The third kappa shape index (κ3) is 2.80. The molecule has 0 spiro atoms. The van der Waals surface area contributed by atoms with Gasteiger partial charge in [0.2, 0.25) is 0 Å². The van der Waals surface area contributed by atoms with Crippen molar-refractivity contribution < 1.29 is 13.9 Å². The Morgan fingerprint density at radius 2 is 1.85 bits per heavy atom. The van der Waals surface area contributed by atoms with E-state index in [1.165, 1.54) is 18.2 Å². The molecule has 4 heteroatoms. The lowest BCUT2D eigenvalue weighted by atomic mass is 9.87. The van der Waals surface area contributed by atoms with Crippen molar-refractivity contribution in [2.75, 3.05) is 11.9 Å². The van der Waals surface area contributed by atoms with Crippen LogP contribution in [0.3, 0.4) is 0 Å². The molecule has 2 rings (SSSR count). The van der Waals surface area contributed by atoms with Crippen LogP contribution >= 0.6 is 0 Å². The lowest BCUT2D eigenvalue weighted by Gasteiger charge is -2.34. The van der Waals surface area contributed by atoms with Gasteiger partial charge in [0.15, 0.2) is 0 Å². The second-order valence-electron chi connectivity index (χ2n) is 4.71. The van der Waals surface area contributed by atoms with Gasteiger partial charge in [0, 0.05) is 11.3 Å². The number of anilines is 1. The maximum atomic E-state index is 14.0. The van der Waals surface area contributed by atoms with Crippen LogP contribution in [-0.2, 0) is 5.54 Å². The van der Waals surface area contributed by atoms with Crippen LogP contribution in [0.4, 0.5) is 14.5 Å². The van der Waals surface area contributed by atoms with Gasteiger partial charge in [-0.3, -0.25) is 0 Å². The van der Waals surface area contributed by atoms with E-state index in [4.69, 9.17) is 0 Å². The molecular weight excluding hydrogens is 260 g/mol. The molecule has 2 aromatic rings. The third-order valence-electron chi connectivity index (χ3n) is 3.47. The zero-order chi connectivity index (χ0) is 14.6. The molecule has 0 saturated carbocycles. The Morgan fingerprint density at radius 3 is 2.45 bits per heavy atom. The molecule has 0 radical (unpaired) electrons. The molecule has 106 valence electrons. The quantitative estimate of drug-likeness (QED) is 0.874. The van der Waals surface area contributed by atoms with E-state index in [1.807, 2.05) is 6.92 Å². The van der Waals surface area contributed by atoms with Crippen molar-refractivity contribution in [2.24, 2.45) is 0 Å². The summed E-state index contributed by atoms with van der Waals surface area (Å²) < 4.78 is 27.3. The van der Waals surface area contributed by atoms with E-state index in [0.29, 0.717) is 17.7 Å². The fourth-order valence-corrected chi connectivity index (χ4v) is 2.27. The Morgan fingerprint density at radius 1 is 1.10 bits per heavy atom. The van der Waals surface area contributed by atoms with Gasteiger partial charge < -0.3 is 10.4 Å². The highest BCUT2D eigenvalue weighted by molar-refractivity contribution is 5.48. The molecule has 20 heavy (non-hydrogen) atoms. The standard InChI is InChI=1S/C16H17F2NO/c1-2-16(11-20,14-8-3-4-9-15(14)18)19-13-7-5-6-12(17)10-13/h3-10,19-20H,2,11H2,1H3. The minimum Gasteiger partial charge on any atom is -0.394 e. The molecule has 1 atom stereocenters. The van der Waals surface area contributed by atoms with Crippen LogP contribution in [0.25, 0.3) is 0 Å². The summed E-state index contributed by atoms with van der Waals surface area (Å²) in [7, 11) is 0. The van der Waals surface area contributed by atoms with Gasteiger partial charge in [0.1, 0.15) is 11.6 Å². The monoisotopic (exact) mass is 277 g/mol. The van der Waals surface area contributed by atoms with E-state index >= 15 is 0 Å². The summed E-state index contributed by atoms with van der Waals surface area (Å²) in [4.78, 5) is 0. The normalized spacial score (nSPS) is 13.8. The maximum absolute atomic E-state index is 14.0. The van der Waals surface area contributed by atoms with E-state index in [-0.39, 0.29) is 12.4 Å². The van der Waals surface area contributed by atoms with Crippen molar-refractivity contribution in [3.63, 3.8) is 0 Å². The van der Waals surface area contributed by atoms with Gasteiger partial charge in [-0.15, -0.1) is 0 Å². The van der Waals surface area contributed by atoms with Crippen molar-refractivity contribution in [1.82, 2.24) is 0 Å². The van der Waals surface area contributed by atoms with E-state index in [9.17, 15) is 13.9 Å². The minimum absolute atomic E-state index is 0.291. The predicted molar refractivity (Wildman–Crippen MR) is 75.5 cm³/mol. The number of hydrogen-bond donors (Lipinski definition) is 2. The van der Waals surface area contributed by atoms with Gasteiger partial charge in [0.05, 0.1) is 12.1 Å². The minimum atomic E-state index is -0.973. The molecule has 0 aliphatic carbocycles. The first kappa shape index (κ1) is 14.5. The predicted octanol–water partition coefficient (Wildman–Crippen LogP) is 3.67. The highest BCUT2D eigenvalue weighted by Gasteiger charge is 2.32. The van der Waals surface area contributed by atoms with Crippen LogP contribution in [0.2, 0.25) is 0 Å². The molecule has 0 fully saturated rings. The van der Waals surface area contributed by atoms with Crippen molar-refractivity contribution in [3.8, 4) is 0 Å². The van der Waals surface area contributed by atoms with E-state index in [2.05, 4.69) is 5.32 Å². The van der Waals surface area contributed by atoms with Gasteiger partial charge in [-0.25, -0.2) is 8.78 Å². The van der Waals surface area contributed by atoms with Crippen LogP contribution in [0.15, 0.2) is 48.5 Å². The maximum Gasteiger partial charge on any atom is 0.128 e. The van der Waals surface area contributed by atoms with E-state index < -0.39 is 11.4 Å². The number of benzene rings is 2. The van der Waals surface area contributed by atoms with Gasteiger partial charge in [-0.1, -0.05) is 31.2 Å². The summed E-state index contributed by atoms with van der Waals surface area (Å²) in [5, 5.41) is 12.8. The first-order valence-electron chi connectivity index (χ1n) is 6.51. The molecule has 0 amide bonds. The van der Waals surface area contributed by atoms with Crippen LogP contribution in [-0.4, -0.2) is 11.7 Å². The summed E-state index contributed by atoms with van der Waals surface area (Å²) in [6.45, 7) is 1.55. The number of nitrogens with one attached hydrogen (secondary N) is 1. The molecule has 0 saturated heterocycles. The van der Waals surface area contributed by atoms with Gasteiger partial charge in [0.25, 0.3) is 0 Å². The summed E-state index contributed by atoms with van der Waals surface area (Å²) in [6.07, 6.45) is 0.459. The van der Waals surface area contributed by atoms with Crippen LogP contribution in [0.1, 0.15) is 18.9 Å². The largest absolute Gasteiger partial charge is 0.394 e. The fraction of sp³-hybridized carbons (Fsp3) is 0.250. The van der Waals surface area contributed by atoms with Crippen molar-refractivity contribution in [3.05, 3.63) is 65.7 Å². The molecule has 2 N–H and O–H groups in total. The highest BCUT2D eigenvalue weighted by atomic mass is 19.1. The number of aliphatic hydroxyl groups is 1. The topological polar surface area (TPSA) is 32.3 Å². The average Bonchev–Trinajstić information content (AvgIpc) is 2.46. The molecule has 2 nitrogen and oxygen atoms in total. The van der Waals surface area contributed by atoms with E-state index in [1.54, 1.807) is 30.3 Å². The Kier molecular flexibility index (Phi) is 4.35. The molecule has 1 unspecified atom stereocenters. The third-order valence-corrected chi connectivity index (χ3v) is 3.47. The van der Waals surface area contributed by atoms with Crippen LogP contribution < -0.4 is 5.32 Å². The molecule has 0 aliphatic rings. The number of halogens is 2. The smallest absolute Gasteiger partial charge is 0.128 e. The summed E-state index contributed by atoms with van der Waals surface area (Å²) in [6, 6.07) is 12.2. The zero-order valence-corrected chi connectivity index (χ0v) is 11.2. The summed E-state index contributed by atoms with van der Waals surface area (Å²) >= 11 is 0. The lowest BCUT2D eigenvalue weighted by Crippen LogP contribution is -2.39. The van der Waals surface area contributed by atoms with Crippen LogP contribution in [0.5, 0.6) is 0 Å². The Hall–Kier alpha value is -1.94. The number of rotatable bonds is 5. The molecule has 0 bridgehead atoms. The zero-order valence-electron chi connectivity index (χ0n) is 11.2. The first-order chi connectivity index (χ1) is 9.61. The molecule has 0 aromatic heterocycles. The van der Waals surface area contributed by atoms with Crippen molar-refractivity contribution in [1.29, 1.82) is 0 Å². The Bertz CT molecular complexity index is 582. The summed E-state index contributed by atoms with van der Waals surface area (Å²) in [5.41, 5.74) is -0.0995. The first-order valence-corrected chi connectivity index (χ1v) is 6.51. The lowest BCUT2D eigenvalue weighted by molar-refractivity contribution is 0.204. The highest BCUT2D eigenvalue weighted by Crippen LogP contribution is 2.31. The van der Waals surface area contributed by atoms with E-state index in [0.717, 1.165) is 0 Å². The van der Waals surface area contributed by atoms with Crippen molar-refractivity contribution >= 4 is 5.69 Å². The second kappa shape index (κ2) is 6.01. The SMILES string of the molecule is CCC(CO)(Nc1cccc(F)c1)c1ccccc1F. The molecule has 2 aromatic carbocycles. The van der Waals surface area contributed by atoms with Crippen molar-refractivity contribution in [2.45, 2.75) is 18.9 Å². The van der Waals surface area contributed by atoms with Gasteiger partial charge in [-0.05, 0) is 30.7 Å². The average molecular weight is 277 g/mol. The molecule has 0 heterocycles. The summed E-state index contributed by atoms with van der Waals surface area (Å²) in [5.74, 6) is -0.779. The van der Waals surface area contributed by atoms with Crippen LogP contribution in [0, 0.1) is 11.6 Å². The Balaban J connectivity index is 2.42. The van der Waals surface area contributed by atoms with Gasteiger partial charge >= 0.3 is 0 Å². The number of hydrogen-bond acceptors (Lipinski definition) is 2. The fourth-order valence-electron chi connectivity index (χ4n) is 2.27. The Labute approximate surface area is 117 Å².